The first-order chi connectivity index (χ1) is 14.4. The standard InChI is InChI=1S/C20H22N4O4S2/c1-23-12-9-21-18(23)14-28-16-6-4-15(5-7-16)22-20(25)19-17(8-13-29-19)30(26,27)24-10-2-3-11-24/h4-9,12-13H,2-3,10-11,14H2,1H3,(H,22,25). The monoisotopic (exact) mass is 446 g/mol. The molecule has 3 heterocycles. The second-order valence-corrected chi connectivity index (χ2v) is 9.77. The molecule has 0 spiro atoms. The van der Waals surface area contributed by atoms with Gasteiger partial charge in [-0.05, 0) is 48.6 Å². The number of ether oxygens (including phenoxy) is 1. The van der Waals surface area contributed by atoms with Gasteiger partial charge in [0, 0.05) is 38.2 Å². The summed E-state index contributed by atoms with van der Waals surface area (Å²) in [5, 5.41) is 4.40. The van der Waals surface area contributed by atoms with Gasteiger partial charge in [-0.15, -0.1) is 11.3 Å². The van der Waals surface area contributed by atoms with E-state index < -0.39 is 15.9 Å². The van der Waals surface area contributed by atoms with Gasteiger partial charge < -0.3 is 14.6 Å². The fraction of sp³-hybridized carbons (Fsp3) is 0.300. The van der Waals surface area contributed by atoms with E-state index in [1.54, 1.807) is 35.8 Å². The van der Waals surface area contributed by atoms with E-state index in [2.05, 4.69) is 10.3 Å². The molecule has 1 N–H and O–H groups in total. The van der Waals surface area contributed by atoms with Gasteiger partial charge >= 0.3 is 0 Å². The maximum atomic E-state index is 12.8. The van der Waals surface area contributed by atoms with Crippen molar-refractivity contribution < 1.29 is 17.9 Å². The van der Waals surface area contributed by atoms with E-state index in [4.69, 9.17) is 4.74 Å². The highest BCUT2D eigenvalue weighted by Gasteiger charge is 2.31. The Kier molecular flexibility index (Phi) is 5.89. The van der Waals surface area contributed by atoms with Crippen molar-refractivity contribution in [3.63, 3.8) is 0 Å². The van der Waals surface area contributed by atoms with Gasteiger partial charge in [0.25, 0.3) is 5.91 Å². The van der Waals surface area contributed by atoms with E-state index in [9.17, 15) is 13.2 Å². The highest BCUT2D eigenvalue weighted by Crippen LogP contribution is 2.28. The highest BCUT2D eigenvalue weighted by atomic mass is 32.2. The first-order valence-corrected chi connectivity index (χ1v) is 11.9. The van der Waals surface area contributed by atoms with Gasteiger partial charge in [0.05, 0.1) is 0 Å². The van der Waals surface area contributed by atoms with E-state index >= 15 is 0 Å². The Morgan fingerprint density at radius 1 is 1.20 bits per heavy atom. The largest absolute Gasteiger partial charge is 0.486 e. The molecule has 1 fully saturated rings. The molecule has 1 aliphatic heterocycles. The van der Waals surface area contributed by atoms with Crippen molar-refractivity contribution in [1.29, 1.82) is 0 Å². The van der Waals surface area contributed by atoms with Gasteiger partial charge in [-0.3, -0.25) is 4.79 Å². The SMILES string of the molecule is Cn1ccnc1COc1ccc(NC(=O)c2sccc2S(=O)(=O)N2CCCC2)cc1. The number of anilines is 1. The van der Waals surface area contributed by atoms with Crippen LogP contribution in [0.25, 0.3) is 0 Å². The quantitative estimate of drug-likeness (QED) is 0.602. The Morgan fingerprint density at radius 3 is 2.60 bits per heavy atom. The first-order valence-electron chi connectivity index (χ1n) is 9.53. The summed E-state index contributed by atoms with van der Waals surface area (Å²) in [5.41, 5.74) is 0.558. The Balaban J connectivity index is 1.42. The summed E-state index contributed by atoms with van der Waals surface area (Å²) in [6, 6.07) is 8.42. The molecule has 1 aromatic carbocycles. The number of hydrogen-bond donors (Lipinski definition) is 1. The molecule has 158 valence electrons. The highest BCUT2D eigenvalue weighted by molar-refractivity contribution is 7.89. The van der Waals surface area contributed by atoms with E-state index in [1.807, 2.05) is 17.8 Å². The van der Waals surface area contributed by atoms with Crippen LogP contribution in [0, 0.1) is 0 Å². The molecule has 30 heavy (non-hydrogen) atoms. The number of nitrogens with one attached hydrogen (secondary N) is 1. The number of nitrogens with zero attached hydrogens (tertiary/aromatic N) is 3. The molecule has 0 atom stereocenters. The van der Waals surface area contributed by atoms with Crippen LogP contribution in [-0.4, -0.2) is 41.3 Å². The number of carbonyl (C=O) groups is 1. The van der Waals surface area contributed by atoms with Gasteiger partial charge in [0.15, 0.2) is 0 Å². The molecule has 0 radical (unpaired) electrons. The molecule has 3 aromatic rings. The summed E-state index contributed by atoms with van der Waals surface area (Å²) < 4.78 is 34.7. The van der Waals surface area contributed by atoms with Crippen molar-refractivity contribution in [3.05, 3.63) is 58.8 Å². The van der Waals surface area contributed by atoms with E-state index in [-0.39, 0.29) is 9.77 Å². The Morgan fingerprint density at radius 2 is 1.93 bits per heavy atom. The van der Waals surface area contributed by atoms with Crippen molar-refractivity contribution >= 4 is 33.0 Å². The number of aryl methyl sites for hydroxylation is 1. The number of hydrogen-bond acceptors (Lipinski definition) is 6. The predicted octanol–water partition coefficient (Wildman–Crippen LogP) is 3.10. The number of thiophene rings is 1. The maximum Gasteiger partial charge on any atom is 0.267 e. The molecular weight excluding hydrogens is 424 g/mol. The summed E-state index contributed by atoms with van der Waals surface area (Å²) in [5.74, 6) is 1.01. The Labute approximate surface area is 179 Å². The Bertz CT molecular complexity index is 1130. The second kappa shape index (κ2) is 8.58. The number of rotatable bonds is 7. The Hall–Kier alpha value is -2.69. The minimum atomic E-state index is -3.65. The topological polar surface area (TPSA) is 93.5 Å². The molecule has 0 saturated carbocycles. The maximum absolute atomic E-state index is 12.8. The van der Waals surface area contributed by atoms with Gasteiger partial charge in [0.1, 0.15) is 28.0 Å². The van der Waals surface area contributed by atoms with Gasteiger partial charge in [-0.25, -0.2) is 13.4 Å². The molecule has 1 aliphatic rings. The fourth-order valence-corrected chi connectivity index (χ4v) is 6.05. The lowest BCUT2D eigenvalue weighted by Gasteiger charge is -2.15. The lowest BCUT2D eigenvalue weighted by molar-refractivity contribution is 0.102. The van der Waals surface area contributed by atoms with Crippen LogP contribution in [0.15, 0.2) is 53.0 Å². The number of imidazole rings is 1. The van der Waals surface area contributed by atoms with Crippen LogP contribution in [0.1, 0.15) is 28.3 Å². The van der Waals surface area contributed by atoms with Crippen molar-refractivity contribution in [1.82, 2.24) is 13.9 Å². The van der Waals surface area contributed by atoms with Crippen molar-refractivity contribution in [2.75, 3.05) is 18.4 Å². The summed E-state index contributed by atoms with van der Waals surface area (Å²) in [4.78, 5) is 17.2. The summed E-state index contributed by atoms with van der Waals surface area (Å²) in [6.45, 7) is 1.33. The number of aromatic nitrogens is 2. The third-order valence-corrected chi connectivity index (χ3v) is 7.90. The number of amides is 1. The third kappa shape index (κ3) is 4.25. The normalized spacial score (nSPS) is 14.7. The lowest BCUT2D eigenvalue weighted by atomic mass is 10.3. The van der Waals surface area contributed by atoms with E-state index in [1.165, 1.54) is 10.4 Å². The molecule has 0 unspecified atom stereocenters. The van der Waals surface area contributed by atoms with Gasteiger partial charge in [-0.1, -0.05) is 0 Å². The molecule has 2 aromatic heterocycles. The summed E-state index contributed by atoms with van der Waals surface area (Å²) in [6.07, 6.45) is 5.25. The van der Waals surface area contributed by atoms with Crippen LogP contribution < -0.4 is 10.1 Å². The van der Waals surface area contributed by atoms with Crippen LogP contribution in [-0.2, 0) is 23.7 Å². The molecule has 1 amide bonds. The zero-order valence-electron chi connectivity index (χ0n) is 16.4. The molecule has 0 aliphatic carbocycles. The molecule has 4 rings (SSSR count). The third-order valence-electron chi connectivity index (χ3n) is 4.92. The molecular formula is C20H22N4O4S2. The molecule has 1 saturated heterocycles. The van der Waals surface area contributed by atoms with Crippen LogP contribution in [0.2, 0.25) is 0 Å². The average molecular weight is 447 g/mol. The summed E-state index contributed by atoms with van der Waals surface area (Å²) >= 11 is 1.12. The molecule has 0 bridgehead atoms. The number of sulfonamides is 1. The minimum Gasteiger partial charge on any atom is -0.486 e. The smallest absolute Gasteiger partial charge is 0.267 e. The number of carbonyl (C=O) groups excluding carboxylic acids is 1. The summed E-state index contributed by atoms with van der Waals surface area (Å²) in [7, 11) is -1.75. The van der Waals surface area contributed by atoms with E-state index in [0.29, 0.717) is 31.1 Å². The van der Waals surface area contributed by atoms with Crippen LogP contribution in [0.5, 0.6) is 5.75 Å². The molecule has 10 heteroatoms. The van der Waals surface area contributed by atoms with Gasteiger partial charge in [0.2, 0.25) is 10.0 Å². The minimum absolute atomic E-state index is 0.0712. The van der Waals surface area contributed by atoms with Crippen LogP contribution >= 0.6 is 11.3 Å². The van der Waals surface area contributed by atoms with Crippen molar-refractivity contribution in [2.45, 2.75) is 24.3 Å². The van der Waals surface area contributed by atoms with E-state index in [0.717, 1.165) is 30.0 Å². The molecule has 8 nitrogen and oxygen atoms in total. The first kappa shape index (κ1) is 20.6. The predicted molar refractivity (Wildman–Crippen MR) is 114 cm³/mol. The van der Waals surface area contributed by atoms with Crippen molar-refractivity contribution in [3.8, 4) is 5.75 Å². The number of benzene rings is 1. The zero-order valence-corrected chi connectivity index (χ0v) is 18.1. The zero-order chi connectivity index (χ0) is 21.1. The lowest BCUT2D eigenvalue weighted by Crippen LogP contribution is -2.29. The second-order valence-electron chi connectivity index (χ2n) is 6.95. The van der Waals surface area contributed by atoms with Crippen molar-refractivity contribution in [2.24, 2.45) is 7.05 Å². The van der Waals surface area contributed by atoms with Crippen LogP contribution in [0.3, 0.4) is 0 Å². The fourth-order valence-electron chi connectivity index (χ4n) is 3.24. The average Bonchev–Trinajstić information content (AvgIpc) is 3.49. The van der Waals surface area contributed by atoms with Crippen LogP contribution in [0.4, 0.5) is 5.69 Å². The van der Waals surface area contributed by atoms with Gasteiger partial charge in [-0.2, -0.15) is 4.31 Å².